The molecule has 0 spiro atoms. The summed E-state index contributed by atoms with van der Waals surface area (Å²) in [6, 6.07) is 0. The SMILES string of the molecule is C[C@H](CCCC(C)(C)O)[C@H]1CC[C@H]2[C@@H]3C(=O)C=C4C[C@@H](OC(=O)C56CC7CC(CC(C7)C5)C6)C=C[C@]4(C)[C@H]3CC[C@]12C. The highest BCUT2D eigenvalue weighted by Crippen LogP contribution is 2.66. The number of ether oxygens (including phenoxy) is 1. The van der Waals surface area contributed by atoms with Crippen molar-refractivity contribution in [1.82, 2.24) is 0 Å². The zero-order valence-electron chi connectivity index (χ0n) is 27.0. The molecule has 0 aromatic rings. The predicted octanol–water partition coefficient (Wildman–Crippen LogP) is 8.23. The fraction of sp³-hybridized carbons (Fsp3) is 0.842. The van der Waals surface area contributed by atoms with Crippen LogP contribution < -0.4 is 0 Å². The molecule has 0 unspecified atom stereocenters. The number of ketones is 1. The number of carbonyl (C=O) groups is 2. The van der Waals surface area contributed by atoms with Crippen molar-refractivity contribution in [2.24, 2.45) is 63.6 Å². The fourth-order valence-electron chi connectivity index (χ4n) is 12.7. The summed E-state index contributed by atoms with van der Waals surface area (Å²) in [5, 5.41) is 10.2. The lowest BCUT2D eigenvalue weighted by Gasteiger charge is -2.56. The molecular formula is C38H56O4. The van der Waals surface area contributed by atoms with Crippen molar-refractivity contribution in [3.8, 4) is 0 Å². The molecule has 1 N–H and O–H groups in total. The highest BCUT2D eigenvalue weighted by atomic mass is 16.5. The smallest absolute Gasteiger partial charge is 0.312 e. The Morgan fingerprint density at radius 2 is 1.71 bits per heavy atom. The number of rotatable bonds is 7. The first-order chi connectivity index (χ1) is 19.8. The fourth-order valence-corrected chi connectivity index (χ4v) is 12.7. The van der Waals surface area contributed by atoms with Gasteiger partial charge >= 0.3 is 5.97 Å². The number of hydrogen-bond donors (Lipinski definition) is 1. The van der Waals surface area contributed by atoms with Crippen LogP contribution in [-0.2, 0) is 14.3 Å². The van der Waals surface area contributed by atoms with Crippen molar-refractivity contribution in [3.63, 3.8) is 0 Å². The molecule has 4 nitrogen and oxygen atoms in total. The van der Waals surface area contributed by atoms with Gasteiger partial charge < -0.3 is 9.84 Å². The van der Waals surface area contributed by atoms with E-state index < -0.39 is 5.60 Å². The van der Waals surface area contributed by atoms with Crippen LogP contribution in [0.3, 0.4) is 0 Å². The van der Waals surface area contributed by atoms with Gasteiger partial charge in [-0.15, -0.1) is 0 Å². The van der Waals surface area contributed by atoms with Crippen molar-refractivity contribution in [2.45, 2.75) is 136 Å². The van der Waals surface area contributed by atoms with E-state index in [0.717, 1.165) is 69.1 Å². The third-order valence-corrected chi connectivity index (χ3v) is 14.4. The van der Waals surface area contributed by atoms with Crippen molar-refractivity contribution in [1.29, 1.82) is 0 Å². The molecule has 8 aliphatic rings. The Kier molecular flexibility index (Phi) is 7.01. The molecule has 0 aromatic heterocycles. The van der Waals surface area contributed by atoms with E-state index in [9.17, 15) is 14.7 Å². The highest BCUT2D eigenvalue weighted by molar-refractivity contribution is 5.95. The first kappa shape index (κ1) is 29.3. The summed E-state index contributed by atoms with van der Waals surface area (Å²) in [5.41, 5.74) is 0.496. The molecule has 6 fully saturated rings. The minimum atomic E-state index is -0.590. The lowest BCUT2D eigenvalue weighted by molar-refractivity contribution is -0.175. The molecule has 0 saturated heterocycles. The van der Waals surface area contributed by atoms with Crippen LogP contribution in [0.15, 0.2) is 23.8 Å². The van der Waals surface area contributed by atoms with E-state index in [1.165, 1.54) is 37.7 Å². The third-order valence-electron chi connectivity index (χ3n) is 14.4. The van der Waals surface area contributed by atoms with Crippen LogP contribution in [0.1, 0.15) is 125 Å². The highest BCUT2D eigenvalue weighted by Gasteiger charge is 2.61. The van der Waals surface area contributed by atoms with Crippen LogP contribution in [0.2, 0.25) is 0 Å². The largest absolute Gasteiger partial charge is 0.457 e. The summed E-state index contributed by atoms with van der Waals surface area (Å²) in [7, 11) is 0. The zero-order valence-corrected chi connectivity index (χ0v) is 27.0. The number of allylic oxidation sites excluding steroid dienone is 2. The van der Waals surface area contributed by atoms with Gasteiger partial charge in [0, 0.05) is 17.8 Å². The quantitative estimate of drug-likeness (QED) is 0.245. The maximum absolute atomic E-state index is 14.0. The summed E-state index contributed by atoms with van der Waals surface area (Å²) >= 11 is 0. The van der Waals surface area contributed by atoms with Crippen molar-refractivity contribution >= 4 is 11.8 Å². The van der Waals surface area contributed by atoms with Gasteiger partial charge in [0.25, 0.3) is 0 Å². The second-order valence-corrected chi connectivity index (χ2v) is 17.7. The standard InChI is InChI=1S/C38H56O4/c1-23(7-6-12-35(2,3)41)29-8-9-30-33-31(11-14-37(29,30)5)36(4)13-10-28(18-27(36)19-32(33)39)42-34(40)38-20-24-15-25(21-38)17-26(16-24)22-38/h10,13,19,23-26,28-31,33,41H,6-9,11-12,14-18,20-22H2,1-5H3/t23-,24?,25?,26?,28+,29-,30+,31+,33+,36+,37-,38?/m1/s1. The molecule has 0 heterocycles. The lowest BCUT2D eigenvalue weighted by atomic mass is 9.47. The predicted molar refractivity (Wildman–Crippen MR) is 165 cm³/mol. The molecule has 0 aromatic carbocycles. The molecule has 4 heteroatoms. The molecule has 0 aliphatic heterocycles. The first-order valence-corrected chi connectivity index (χ1v) is 17.7. The Morgan fingerprint density at radius 1 is 1.05 bits per heavy atom. The van der Waals surface area contributed by atoms with Crippen LogP contribution in [0.5, 0.6) is 0 Å². The van der Waals surface area contributed by atoms with E-state index in [2.05, 4.69) is 32.9 Å². The van der Waals surface area contributed by atoms with Crippen LogP contribution in [0.25, 0.3) is 0 Å². The van der Waals surface area contributed by atoms with Gasteiger partial charge in [0.1, 0.15) is 6.10 Å². The topological polar surface area (TPSA) is 63.6 Å². The molecule has 8 rings (SSSR count). The Bertz CT molecular complexity index is 1140. The third kappa shape index (κ3) is 4.71. The number of esters is 1. The number of hydrogen-bond acceptors (Lipinski definition) is 4. The van der Waals surface area contributed by atoms with E-state index >= 15 is 0 Å². The maximum atomic E-state index is 14.0. The Morgan fingerprint density at radius 3 is 2.36 bits per heavy atom. The van der Waals surface area contributed by atoms with Gasteiger partial charge in [-0.1, -0.05) is 45.3 Å². The van der Waals surface area contributed by atoms with E-state index in [1.54, 1.807) is 0 Å². The van der Waals surface area contributed by atoms with Crippen LogP contribution in [0.4, 0.5) is 0 Å². The summed E-state index contributed by atoms with van der Waals surface area (Å²) < 4.78 is 6.33. The summed E-state index contributed by atoms with van der Waals surface area (Å²) in [6.07, 6.45) is 21.9. The van der Waals surface area contributed by atoms with E-state index in [-0.39, 0.29) is 34.2 Å². The molecule has 6 saturated carbocycles. The minimum Gasteiger partial charge on any atom is -0.457 e. The molecule has 4 bridgehead atoms. The molecule has 8 aliphatic carbocycles. The molecule has 0 radical (unpaired) electrons. The van der Waals surface area contributed by atoms with Gasteiger partial charge in [-0.05, 0) is 143 Å². The lowest BCUT2D eigenvalue weighted by Crippen LogP contribution is -2.53. The molecule has 8 atom stereocenters. The second-order valence-electron chi connectivity index (χ2n) is 17.7. The molecule has 42 heavy (non-hydrogen) atoms. The van der Waals surface area contributed by atoms with Crippen molar-refractivity contribution in [2.75, 3.05) is 0 Å². The van der Waals surface area contributed by atoms with Crippen LogP contribution in [-0.4, -0.2) is 28.6 Å². The summed E-state index contributed by atoms with van der Waals surface area (Å²) in [5.74, 6) is 4.80. The maximum Gasteiger partial charge on any atom is 0.312 e. The Hall–Kier alpha value is -1.42. The first-order valence-electron chi connectivity index (χ1n) is 17.7. The van der Waals surface area contributed by atoms with Crippen LogP contribution in [0, 0.1) is 63.6 Å². The van der Waals surface area contributed by atoms with Gasteiger partial charge in [-0.25, -0.2) is 0 Å². The molecule has 0 amide bonds. The van der Waals surface area contributed by atoms with Crippen molar-refractivity contribution in [3.05, 3.63) is 23.8 Å². The Balaban J connectivity index is 1.04. The molecular weight excluding hydrogens is 520 g/mol. The Labute approximate surface area is 254 Å². The number of fused-ring (bicyclic) bond motifs is 5. The van der Waals surface area contributed by atoms with E-state index in [0.29, 0.717) is 35.9 Å². The molecule has 232 valence electrons. The number of aliphatic hydroxyl groups is 1. The average Bonchev–Trinajstić information content (AvgIpc) is 3.25. The van der Waals surface area contributed by atoms with E-state index in [4.69, 9.17) is 4.74 Å². The normalized spacial score (nSPS) is 47.9. The average molecular weight is 577 g/mol. The van der Waals surface area contributed by atoms with Gasteiger partial charge in [-0.2, -0.15) is 0 Å². The second kappa shape index (κ2) is 10.0. The monoisotopic (exact) mass is 576 g/mol. The van der Waals surface area contributed by atoms with Gasteiger partial charge in [-0.3, -0.25) is 9.59 Å². The van der Waals surface area contributed by atoms with Gasteiger partial charge in [0.05, 0.1) is 11.0 Å². The summed E-state index contributed by atoms with van der Waals surface area (Å²) in [4.78, 5) is 27.7. The van der Waals surface area contributed by atoms with Gasteiger partial charge in [0.15, 0.2) is 5.78 Å². The van der Waals surface area contributed by atoms with E-state index in [1.807, 2.05) is 19.9 Å². The number of carbonyl (C=O) groups excluding carboxylic acids is 2. The van der Waals surface area contributed by atoms with Crippen LogP contribution >= 0.6 is 0 Å². The van der Waals surface area contributed by atoms with Crippen molar-refractivity contribution < 1.29 is 19.4 Å². The zero-order chi connectivity index (χ0) is 29.7. The van der Waals surface area contributed by atoms with Gasteiger partial charge in [0.2, 0.25) is 0 Å². The minimum absolute atomic E-state index is 0.0579. The summed E-state index contributed by atoms with van der Waals surface area (Å²) in [6.45, 7) is 11.1.